The van der Waals surface area contributed by atoms with Crippen molar-refractivity contribution < 1.29 is 4.74 Å². The Balaban J connectivity index is 2.20. The number of rotatable bonds is 3. The number of nitrogen functional groups attached to an aromatic ring is 1. The van der Waals surface area contributed by atoms with Gasteiger partial charge in [-0.3, -0.25) is 0 Å². The summed E-state index contributed by atoms with van der Waals surface area (Å²) in [5.74, 6) is 1.33. The summed E-state index contributed by atoms with van der Waals surface area (Å²) in [5.41, 5.74) is 9.27. The van der Waals surface area contributed by atoms with E-state index in [1.165, 1.54) is 0 Å². The van der Waals surface area contributed by atoms with Crippen LogP contribution < -0.4 is 10.5 Å². The molecule has 3 aromatic rings. The Morgan fingerprint density at radius 2 is 1.95 bits per heavy atom. The van der Waals surface area contributed by atoms with Crippen molar-refractivity contribution in [2.24, 2.45) is 0 Å². The molecule has 0 aliphatic carbocycles. The number of nitrogens with two attached hydrogens (primary N) is 1. The third kappa shape index (κ3) is 2.31. The molecule has 0 spiro atoms. The number of anilines is 1. The topological polar surface area (TPSA) is 78.8 Å². The molecule has 6 heteroatoms. The van der Waals surface area contributed by atoms with Crippen molar-refractivity contribution in [2.45, 2.75) is 6.92 Å². The van der Waals surface area contributed by atoms with Gasteiger partial charge < -0.3 is 10.5 Å². The minimum absolute atomic E-state index is 0.629. The van der Waals surface area contributed by atoms with Gasteiger partial charge in [0.1, 0.15) is 11.4 Å². The zero-order chi connectivity index (χ0) is 14.8. The van der Waals surface area contributed by atoms with Crippen LogP contribution in [-0.2, 0) is 0 Å². The second-order valence-electron chi connectivity index (χ2n) is 4.66. The summed E-state index contributed by atoms with van der Waals surface area (Å²) in [4.78, 5) is 0. The van der Waals surface area contributed by atoms with Crippen molar-refractivity contribution in [1.29, 1.82) is 0 Å². The molecule has 0 aliphatic heterocycles. The first-order valence-corrected chi connectivity index (χ1v) is 6.49. The molecule has 0 fully saturated rings. The van der Waals surface area contributed by atoms with Crippen molar-refractivity contribution in [2.75, 3.05) is 12.8 Å². The molecule has 0 amide bonds. The van der Waals surface area contributed by atoms with Crippen LogP contribution in [0.5, 0.6) is 5.75 Å². The average molecular weight is 281 g/mol. The summed E-state index contributed by atoms with van der Waals surface area (Å²) < 4.78 is 7.03. The number of tetrazole rings is 1. The van der Waals surface area contributed by atoms with Gasteiger partial charge in [-0.15, -0.1) is 5.10 Å². The summed E-state index contributed by atoms with van der Waals surface area (Å²) in [5, 5.41) is 12.0. The Morgan fingerprint density at radius 1 is 1.14 bits per heavy atom. The van der Waals surface area contributed by atoms with Gasteiger partial charge >= 0.3 is 0 Å². The molecule has 0 aliphatic rings. The molecule has 0 unspecified atom stereocenters. The lowest BCUT2D eigenvalue weighted by molar-refractivity contribution is 0.411. The minimum Gasteiger partial charge on any atom is -0.494 e. The van der Waals surface area contributed by atoms with Crippen LogP contribution in [-0.4, -0.2) is 27.3 Å². The van der Waals surface area contributed by atoms with Crippen molar-refractivity contribution in [1.82, 2.24) is 20.2 Å². The van der Waals surface area contributed by atoms with Gasteiger partial charge in [0.15, 0.2) is 5.82 Å². The fourth-order valence-electron chi connectivity index (χ4n) is 2.20. The van der Waals surface area contributed by atoms with Crippen LogP contribution in [0.25, 0.3) is 17.1 Å². The predicted octanol–water partition coefficient (Wildman–Crippen LogP) is 2.23. The highest BCUT2D eigenvalue weighted by molar-refractivity contribution is 5.67. The van der Waals surface area contributed by atoms with E-state index in [1.54, 1.807) is 11.8 Å². The molecule has 6 nitrogen and oxygen atoms in total. The van der Waals surface area contributed by atoms with Gasteiger partial charge in [0.2, 0.25) is 0 Å². The summed E-state index contributed by atoms with van der Waals surface area (Å²) in [7, 11) is 1.62. The van der Waals surface area contributed by atoms with Crippen molar-refractivity contribution >= 4 is 5.69 Å². The van der Waals surface area contributed by atoms with Gasteiger partial charge in [0.25, 0.3) is 0 Å². The lowest BCUT2D eigenvalue weighted by atomic mass is 10.1. The van der Waals surface area contributed by atoms with E-state index in [0.29, 0.717) is 17.3 Å². The van der Waals surface area contributed by atoms with E-state index in [2.05, 4.69) is 15.5 Å². The van der Waals surface area contributed by atoms with E-state index in [-0.39, 0.29) is 0 Å². The normalized spacial score (nSPS) is 10.6. The van der Waals surface area contributed by atoms with Gasteiger partial charge in [-0.25, -0.2) is 0 Å². The van der Waals surface area contributed by atoms with E-state index >= 15 is 0 Å². The van der Waals surface area contributed by atoms with Crippen molar-refractivity contribution in [3.05, 3.63) is 48.0 Å². The Bertz CT molecular complexity index is 781. The zero-order valence-corrected chi connectivity index (χ0v) is 11.8. The minimum atomic E-state index is 0.629. The molecule has 0 saturated carbocycles. The first kappa shape index (κ1) is 13.1. The van der Waals surface area contributed by atoms with Crippen molar-refractivity contribution in [3.63, 3.8) is 0 Å². The Morgan fingerprint density at radius 3 is 2.76 bits per heavy atom. The second kappa shape index (κ2) is 5.24. The number of hydrogen-bond acceptors (Lipinski definition) is 5. The molecule has 0 atom stereocenters. The Labute approximate surface area is 122 Å². The maximum Gasteiger partial charge on any atom is 0.187 e. The summed E-state index contributed by atoms with van der Waals surface area (Å²) in [6, 6.07) is 13.3. The molecule has 1 heterocycles. The molecule has 0 radical (unpaired) electrons. The molecule has 106 valence electrons. The second-order valence-corrected chi connectivity index (χ2v) is 4.66. The lowest BCUT2D eigenvalue weighted by Gasteiger charge is -2.10. The smallest absolute Gasteiger partial charge is 0.187 e. The number of hydrogen-bond donors (Lipinski definition) is 1. The van der Waals surface area contributed by atoms with Gasteiger partial charge in [-0.1, -0.05) is 18.2 Å². The Kier molecular flexibility index (Phi) is 3.27. The van der Waals surface area contributed by atoms with E-state index in [4.69, 9.17) is 10.5 Å². The van der Waals surface area contributed by atoms with Crippen LogP contribution >= 0.6 is 0 Å². The molecular formula is C15H15N5O. The highest BCUT2D eigenvalue weighted by Gasteiger charge is 2.15. The zero-order valence-electron chi connectivity index (χ0n) is 11.8. The van der Waals surface area contributed by atoms with Gasteiger partial charge in [0.05, 0.1) is 7.11 Å². The van der Waals surface area contributed by atoms with Crippen LogP contribution in [0.2, 0.25) is 0 Å². The quantitative estimate of drug-likeness (QED) is 0.745. The fourth-order valence-corrected chi connectivity index (χ4v) is 2.20. The molecule has 2 N–H and O–H groups in total. The highest BCUT2D eigenvalue weighted by atomic mass is 16.5. The number of nitrogens with zero attached hydrogens (tertiary/aromatic N) is 4. The summed E-state index contributed by atoms with van der Waals surface area (Å²) >= 11 is 0. The molecule has 2 aromatic carbocycles. The maximum absolute atomic E-state index is 5.88. The summed E-state index contributed by atoms with van der Waals surface area (Å²) in [6.45, 7) is 2.00. The average Bonchev–Trinajstić information content (AvgIpc) is 2.98. The van der Waals surface area contributed by atoms with E-state index in [9.17, 15) is 0 Å². The first-order valence-electron chi connectivity index (χ1n) is 6.49. The fraction of sp³-hybridized carbons (Fsp3) is 0.133. The number of para-hydroxylation sites is 2. The van der Waals surface area contributed by atoms with Crippen LogP contribution in [0.4, 0.5) is 5.69 Å². The molecule has 0 bridgehead atoms. The third-order valence-electron chi connectivity index (χ3n) is 3.29. The highest BCUT2D eigenvalue weighted by Crippen LogP contribution is 2.28. The first-order chi connectivity index (χ1) is 10.2. The lowest BCUT2D eigenvalue weighted by Crippen LogP contribution is -2.03. The third-order valence-corrected chi connectivity index (χ3v) is 3.29. The van der Waals surface area contributed by atoms with Gasteiger partial charge in [-0.05, 0) is 47.2 Å². The standard InChI is InChI=1S/C15H15N5O/c1-10-7-8-11(16)9-12(10)15-17-18-19-20(15)13-5-3-4-6-14(13)21-2/h3-9H,16H2,1-2H3. The molecule has 3 rings (SSSR count). The number of ether oxygens (including phenoxy) is 1. The monoisotopic (exact) mass is 281 g/mol. The van der Waals surface area contributed by atoms with Gasteiger partial charge in [0, 0.05) is 11.3 Å². The number of benzene rings is 2. The number of aromatic nitrogens is 4. The predicted molar refractivity (Wildman–Crippen MR) is 80.3 cm³/mol. The van der Waals surface area contributed by atoms with Gasteiger partial charge in [-0.2, -0.15) is 4.68 Å². The van der Waals surface area contributed by atoms with E-state index in [1.807, 2.05) is 49.4 Å². The van der Waals surface area contributed by atoms with E-state index < -0.39 is 0 Å². The Hall–Kier alpha value is -2.89. The van der Waals surface area contributed by atoms with Crippen molar-refractivity contribution in [3.8, 4) is 22.8 Å². The number of aryl methyl sites for hydroxylation is 1. The molecular weight excluding hydrogens is 266 g/mol. The largest absolute Gasteiger partial charge is 0.494 e. The molecule has 0 saturated heterocycles. The van der Waals surface area contributed by atoms with E-state index in [0.717, 1.165) is 16.8 Å². The van der Waals surface area contributed by atoms with Crippen LogP contribution in [0.3, 0.4) is 0 Å². The maximum atomic E-state index is 5.88. The summed E-state index contributed by atoms with van der Waals surface area (Å²) in [6.07, 6.45) is 0. The van der Waals surface area contributed by atoms with Crippen LogP contribution in [0.15, 0.2) is 42.5 Å². The molecule has 21 heavy (non-hydrogen) atoms. The van der Waals surface area contributed by atoms with Crippen LogP contribution in [0.1, 0.15) is 5.56 Å². The number of methoxy groups -OCH3 is 1. The molecule has 1 aromatic heterocycles. The van der Waals surface area contributed by atoms with Crippen LogP contribution in [0, 0.1) is 6.92 Å². The SMILES string of the molecule is COc1ccccc1-n1nnnc1-c1cc(N)ccc1C.